The molecule has 1 aromatic carbocycles. The molecule has 8 nitrogen and oxygen atoms in total. The minimum atomic E-state index is -0.138. The van der Waals surface area contributed by atoms with Crippen molar-refractivity contribution in [3.8, 4) is 0 Å². The molecule has 0 radical (unpaired) electrons. The lowest BCUT2D eigenvalue weighted by atomic mass is 10.1. The Kier molecular flexibility index (Phi) is 4.97. The molecule has 0 saturated carbocycles. The summed E-state index contributed by atoms with van der Waals surface area (Å²) in [5, 5.41) is 9.84. The van der Waals surface area contributed by atoms with Crippen LogP contribution in [-0.2, 0) is 11.2 Å². The standard InChI is InChI=1S/C17H22N6O2/c1-12-18-16(21-20-12)11-14-3-5-15(6-4-14)19-17(25)23-9-7-22(8-10-23)13(2)24/h3-6H,7-11H2,1-2H3,(H,19,25)(H,18,20,21). The Bertz CT molecular complexity index is 747. The number of aryl methyl sites for hydroxylation is 1. The van der Waals surface area contributed by atoms with E-state index in [9.17, 15) is 9.59 Å². The smallest absolute Gasteiger partial charge is 0.321 e. The minimum Gasteiger partial charge on any atom is -0.339 e. The monoisotopic (exact) mass is 342 g/mol. The first kappa shape index (κ1) is 16.9. The fourth-order valence-electron chi connectivity index (χ4n) is 2.78. The van der Waals surface area contributed by atoms with Gasteiger partial charge in [-0.1, -0.05) is 12.1 Å². The number of urea groups is 1. The largest absolute Gasteiger partial charge is 0.339 e. The number of benzene rings is 1. The molecule has 1 fully saturated rings. The van der Waals surface area contributed by atoms with Gasteiger partial charge in [0.2, 0.25) is 5.91 Å². The predicted octanol–water partition coefficient (Wildman–Crippen LogP) is 1.40. The van der Waals surface area contributed by atoms with Gasteiger partial charge in [0.1, 0.15) is 5.82 Å². The fraction of sp³-hybridized carbons (Fsp3) is 0.412. The lowest BCUT2D eigenvalue weighted by Gasteiger charge is -2.34. The molecule has 2 aromatic rings. The van der Waals surface area contributed by atoms with Crippen LogP contribution in [-0.4, -0.2) is 63.1 Å². The van der Waals surface area contributed by atoms with Crippen molar-refractivity contribution in [3.63, 3.8) is 0 Å². The number of nitrogens with one attached hydrogen (secondary N) is 2. The molecule has 1 aliphatic heterocycles. The number of aromatic nitrogens is 3. The zero-order valence-corrected chi connectivity index (χ0v) is 14.5. The van der Waals surface area contributed by atoms with E-state index in [1.54, 1.807) is 16.7 Å². The highest BCUT2D eigenvalue weighted by Gasteiger charge is 2.22. The van der Waals surface area contributed by atoms with Crippen molar-refractivity contribution < 1.29 is 9.59 Å². The fourth-order valence-corrected chi connectivity index (χ4v) is 2.78. The molecule has 3 rings (SSSR count). The number of carbonyl (C=O) groups is 2. The first-order valence-electron chi connectivity index (χ1n) is 8.29. The molecule has 3 amide bonds. The number of rotatable bonds is 3. The third kappa shape index (κ3) is 4.34. The molecule has 2 N–H and O–H groups in total. The molecule has 0 spiro atoms. The Morgan fingerprint density at radius 3 is 2.32 bits per heavy atom. The van der Waals surface area contributed by atoms with Crippen LogP contribution in [0.5, 0.6) is 0 Å². The summed E-state index contributed by atoms with van der Waals surface area (Å²) < 4.78 is 0. The highest BCUT2D eigenvalue weighted by Crippen LogP contribution is 2.13. The average molecular weight is 342 g/mol. The molecule has 1 aliphatic rings. The van der Waals surface area contributed by atoms with Crippen LogP contribution < -0.4 is 5.32 Å². The molecule has 132 valence electrons. The van der Waals surface area contributed by atoms with Gasteiger partial charge in [0.05, 0.1) is 0 Å². The zero-order valence-electron chi connectivity index (χ0n) is 14.5. The molecule has 2 heterocycles. The number of hydrogen-bond donors (Lipinski definition) is 2. The van der Waals surface area contributed by atoms with Crippen LogP contribution in [0.4, 0.5) is 10.5 Å². The van der Waals surface area contributed by atoms with Gasteiger partial charge in [-0.3, -0.25) is 9.89 Å². The van der Waals surface area contributed by atoms with Gasteiger partial charge in [-0.2, -0.15) is 5.10 Å². The Balaban J connectivity index is 1.53. The topological polar surface area (TPSA) is 94.2 Å². The molecular formula is C17H22N6O2. The van der Waals surface area contributed by atoms with Crippen molar-refractivity contribution in [3.05, 3.63) is 41.5 Å². The van der Waals surface area contributed by atoms with Crippen molar-refractivity contribution in [1.29, 1.82) is 0 Å². The minimum absolute atomic E-state index is 0.0530. The van der Waals surface area contributed by atoms with Gasteiger partial charge in [-0.15, -0.1) is 0 Å². The Morgan fingerprint density at radius 1 is 1.12 bits per heavy atom. The highest BCUT2D eigenvalue weighted by molar-refractivity contribution is 5.89. The van der Waals surface area contributed by atoms with E-state index in [4.69, 9.17) is 0 Å². The molecule has 0 bridgehead atoms. The van der Waals surface area contributed by atoms with E-state index in [0.29, 0.717) is 32.6 Å². The summed E-state index contributed by atoms with van der Waals surface area (Å²) in [7, 11) is 0. The first-order chi connectivity index (χ1) is 12.0. The summed E-state index contributed by atoms with van der Waals surface area (Å²) in [4.78, 5) is 31.4. The van der Waals surface area contributed by atoms with Gasteiger partial charge in [-0.05, 0) is 24.6 Å². The van der Waals surface area contributed by atoms with Crippen molar-refractivity contribution in [2.24, 2.45) is 0 Å². The zero-order chi connectivity index (χ0) is 17.8. The second-order valence-electron chi connectivity index (χ2n) is 6.13. The maximum absolute atomic E-state index is 12.3. The molecule has 25 heavy (non-hydrogen) atoms. The summed E-state index contributed by atoms with van der Waals surface area (Å²) in [5.74, 6) is 1.60. The molecule has 0 unspecified atom stereocenters. The van der Waals surface area contributed by atoms with Crippen molar-refractivity contribution in [2.45, 2.75) is 20.3 Å². The third-order valence-electron chi connectivity index (χ3n) is 4.22. The Morgan fingerprint density at radius 2 is 1.76 bits per heavy atom. The number of amides is 3. The van der Waals surface area contributed by atoms with Gasteiger partial charge in [-0.25, -0.2) is 9.78 Å². The number of aromatic amines is 1. The number of anilines is 1. The van der Waals surface area contributed by atoms with Crippen LogP contribution in [0.15, 0.2) is 24.3 Å². The van der Waals surface area contributed by atoms with E-state index in [0.717, 1.165) is 22.9 Å². The van der Waals surface area contributed by atoms with Gasteiger partial charge in [0.15, 0.2) is 5.82 Å². The summed E-state index contributed by atoms with van der Waals surface area (Å²) in [6, 6.07) is 7.52. The summed E-state index contributed by atoms with van der Waals surface area (Å²) >= 11 is 0. The predicted molar refractivity (Wildman–Crippen MR) is 93.2 cm³/mol. The quantitative estimate of drug-likeness (QED) is 0.881. The number of hydrogen-bond acceptors (Lipinski definition) is 4. The molecular weight excluding hydrogens is 320 g/mol. The number of carbonyl (C=O) groups excluding carboxylic acids is 2. The van der Waals surface area contributed by atoms with E-state index in [1.807, 2.05) is 31.2 Å². The van der Waals surface area contributed by atoms with Gasteiger partial charge in [0.25, 0.3) is 0 Å². The molecule has 1 aromatic heterocycles. The lowest BCUT2D eigenvalue weighted by molar-refractivity contribution is -0.130. The SMILES string of the molecule is CC(=O)N1CCN(C(=O)Nc2ccc(Cc3n[nH]c(C)n3)cc2)CC1. The van der Waals surface area contributed by atoms with E-state index in [1.165, 1.54) is 0 Å². The second-order valence-corrected chi connectivity index (χ2v) is 6.13. The van der Waals surface area contributed by atoms with Gasteiger partial charge in [0, 0.05) is 45.2 Å². The van der Waals surface area contributed by atoms with Crippen molar-refractivity contribution in [2.75, 3.05) is 31.5 Å². The third-order valence-corrected chi connectivity index (χ3v) is 4.22. The molecule has 1 saturated heterocycles. The molecule has 0 aliphatic carbocycles. The number of nitrogens with zero attached hydrogens (tertiary/aromatic N) is 4. The lowest BCUT2D eigenvalue weighted by Crippen LogP contribution is -2.51. The van der Waals surface area contributed by atoms with Crippen LogP contribution in [0.1, 0.15) is 24.1 Å². The van der Waals surface area contributed by atoms with Crippen molar-refractivity contribution in [1.82, 2.24) is 25.0 Å². The molecule has 0 atom stereocenters. The Labute approximate surface area is 146 Å². The Hall–Kier alpha value is -2.90. The summed E-state index contributed by atoms with van der Waals surface area (Å²) in [6.07, 6.45) is 0.644. The van der Waals surface area contributed by atoms with Crippen LogP contribution in [0, 0.1) is 6.92 Å². The van der Waals surface area contributed by atoms with Gasteiger partial charge < -0.3 is 15.1 Å². The number of piperazine rings is 1. The second kappa shape index (κ2) is 7.33. The average Bonchev–Trinajstić information content (AvgIpc) is 3.01. The van der Waals surface area contributed by atoms with Crippen LogP contribution in [0.2, 0.25) is 0 Å². The van der Waals surface area contributed by atoms with Crippen LogP contribution in [0.3, 0.4) is 0 Å². The van der Waals surface area contributed by atoms with E-state index in [-0.39, 0.29) is 11.9 Å². The highest BCUT2D eigenvalue weighted by atomic mass is 16.2. The maximum Gasteiger partial charge on any atom is 0.321 e. The van der Waals surface area contributed by atoms with Crippen LogP contribution >= 0.6 is 0 Å². The normalized spacial score (nSPS) is 14.5. The van der Waals surface area contributed by atoms with Crippen molar-refractivity contribution >= 4 is 17.6 Å². The van der Waals surface area contributed by atoms with E-state index >= 15 is 0 Å². The van der Waals surface area contributed by atoms with Crippen LogP contribution in [0.25, 0.3) is 0 Å². The molecule has 8 heteroatoms. The number of H-pyrrole nitrogens is 1. The first-order valence-corrected chi connectivity index (χ1v) is 8.29. The summed E-state index contributed by atoms with van der Waals surface area (Å²) in [6.45, 7) is 5.68. The maximum atomic E-state index is 12.3. The van der Waals surface area contributed by atoms with E-state index < -0.39 is 0 Å². The van der Waals surface area contributed by atoms with E-state index in [2.05, 4.69) is 20.5 Å². The summed E-state index contributed by atoms with van der Waals surface area (Å²) in [5.41, 5.74) is 1.82. The van der Waals surface area contributed by atoms with Gasteiger partial charge >= 0.3 is 6.03 Å².